The molecule has 8 heteroatoms. The van der Waals surface area contributed by atoms with E-state index in [1.54, 1.807) is 16.9 Å². The van der Waals surface area contributed by atoms with Gasteiger partial charge in [-0.1, -0.05) is 6.07 Å². The van der Waals surface area contributed by atoms with E-state index in [-0.39, 0.29) is 11.8 Å². The number of urea groups is 1. The number of anilines is 1. The van der Waals surface area contributed by atoms with Gasteiger partial charge < -0.3 is 5.32 Å². The number of benzene rings is 1. The first-order valence-electron chi connectivity index (χ1n) is 9.84. The Labute approximate surface area is 165 Å². The highest BCUT2D eigenvalue weighted by atomic mass is 32.2. The van der Waals surface area contributed by atoms with Crippen molar-refractivity contribution in [1.29, 1.82) is 0 Å². The lowest BCUT2D eigenvalue weighted by Gasteiger charge is -2.16. The molecule has 0 saturated heterocycles. The standard InChI is InChI=1S/C20H26N4O3S/c1-13(2)24-10-9-16(22-24)12-28(26,27)23-20(25)21-19-17-7-3-5-14(17)11-15-6-4-8-18(15)19/h9-11,13H,3-8,12H2,1-2H3,(H2,21,23,25). The van der Waals surface area contributed by atoms with Gasteiger partial charge in [-0.05, 0) is 80.7 Å². The van der Waals surface area contributed by atoms with Crippen LogP contribution in [0.15, 0.2) is 18.3 Å². The number of aryl methyl sites for hydroxylation is 2. The smallest absolute Gasteiger partial charge is 0.307 e. The highest BCUT2D eigenvalue weighted by Gasteiger charge is 2.26. The predicted octanol–water partition coefficient (Wildman–Crippen LogP) is 3.09. The number of nitrogens with one attached hydrogen (secondary N) is 2. The van der Waals surface area contributed by atoms with Gasteiger partial charge in [0.05, 0.1) is 5.69 Å². The van der Waals surface area contributed by atoms with Crippen molar-refractivity contribution >= 4 is 21.7 Å². The Morgan fingerprint density at radius 1 is 1.14 bits per heavy atom. The predicted molar refractivity (Wildman–Crippen MR) is 108 cm³/mol. The molecule has 0 atom stereocenters. The second-order valence-electron chi connectivity index (χ2n) is 7.93. The number of rotatable bonds is 5. The molecule has 1 heterocycles. The van der Waals surface area contributed by atoms with E-state index >= 15 is 0 Å². The number of hydrogen-bond donors (Lipinski definition) is 2. The summed E-state index contributed by atoms with van der Waals surface area (Å²) in [6.45, 7) is 3.93. The molecule has 0 saturated carbocycles. The summed E-state index contributed by atoms with van der Waals surface area (Å²) in [5.41, 5.74) is 6.17. The normalized spacial score (nSPS) is 15.5. The van der Waals surface area contributed by atoms with Crippen molar-refractivity contribution in [2.75, 3.05) is 5.32 Å². The number of amides is 2. The molecule has 0 unspecified atom stereocenters. The minimum absolute atomic E-state index is 0.148. The number of carbonyl (C=O) groups excluding carboxylic acids is 1. The molecule has 28 heavy (non-hydrogen) atoms. The third-order valence-electron chi connectivity index (χ3n) is 5.49. The summed E-state index contributed by atoms with van der Waals surface area (Å²) in [5, 5.41) is 7.10. The van der Waals surface area contributed by atoms with Crippen LogP contribution in [-0.4, -0.2) is 24.2 Å². The maximum Gasteiger partial charge on any atom is 0.332 e. The van der Waals surface area contributed by atoms with Gasteiger partial charge >= 0.3 is 6.03 Å². The van der Waals surface area contributed by atoms with Crippen LogP contribution in [0, 0.1) is 0 Å². The first-order chi connectivity index (χ1) is 13.3. The molecular formula is C20H26N4O3S. The van der Waals surface area contributed by atoms with E-state index in [2.05, 4.69) is 21.2 Å². The van der Waals surface area contributed by atoms with Crippen molar-refractivity contribution in [3.8, 4) is 0 Å². The Balaban J connectivity index is 1.49. The van der Waals surface area contributed by atoms with E-state index in [0.29, 0.717) is 5.69 Å². The molecule has 2 amide bonds. The summed E-state index contributed by atoms with van der Waals surface area (Å²) in [6.07, 6.45) is 7.80. The second kappa shape index (κ2) is 7.24. The van der Waals surface area contributed by atoms with Gasteiger partial charge in [0, 0.05) is 17.9 Å². The van der Waals surface area contributed by atoms with Crippen LogP contribution in [0.2, 0.25) is 0 Å². The monoisotopic (exact) mass is 402 g/mol. The molecule has 2 aromatic rings. The molecule has 150 valence electrons. The second-order valence-corrected chi connectivity index (χ2v) is 9.65. The minimum Gasteiger partial charge on any atom is -0.307 e. The molecule has 0 fully saturated rings. The quantitative estimate of drug-likeness (QED) is 0.804. The Morgan fingerprint density at radius 3 is 2.36 bits per heavy atom. The summed E-state index contributed by atoms with van der Waals surface area (Å²) in [5.74, 6) is -0.328. The van der Waals surface area contributed by atoms with Gasteiger partial charge in [-0.15, -0.1) is 0 Å². The number of nitrogens with zero attached hydrogens (tertiary/aromatic N) is 2. The lowest BCUT2D eigenvalue weighted by Crippen LogP contribution is -2.35. The molecule has 1 aromatic heterocycles. The number of carbonyl (C=O) groups is 1. The Morgan fingerprint density at radius 2 is 1.79 bits per heavy atom. The van der Waals surface area contributed by atoms with Crippen LogP contribution in [0.4, 0.5) is 10.5 Å². The van der Waals surface area contributed by atoms with Gasteiger partial charge in [-0.3, -0.25) is 4.68 Å². The number of hydrogen-bond acceptors (Lipinski definition) is 4. The van der Waals surface area contributed by atoms with E-state index in [1.807, 2.05) is 13.8 Å². The van der Waals surface area contributed by atoms with E-state index in [0.717, 1.165) is 44.2 Å². The highest BCUT2D eigenvalue weighted by Crippen LogP contribution is 2.38. The van der Waals surface area contributed by atoms with Gasteiger partial charge in [0.1, 0.15) is 5.75 Å². The minimum atomic E-state index is -3.83. The van der Waals surface area contributed by atoms with Crippen LogP contribution < -0.4 is 10.0 Å². The van der Waals surface area contributed by atoms with Crippen molar-refractivity contribution in [3.05, 3.63) is 46.3 Å². The fraction of sp³-hybridized carbons (Fsp3) is 0.500. The molecular weight excluding hydrogens is 376 g/mol. The maximum atomic E-state index is 12.5. The summed E-state index contributed by atoms with van der Waals surface area (Å²) < 4.78 is 28.7. The summed E-state index contributed by atoms with van der Waals surface area (Å²) in [6, 6.07) is 3.39. The van der Waals surface area contributed by atoms with Crippen LogP contribution >= 0.6 is 0 Å². The molecule has 4 rings (SSSR count). The van der Waals surface area contributed by atoms with Crippen molar-refractivity contribution in [2.24, 2.45) is 0 Å². The number of fused-ring (bicyclic) bond motifs is 2. The molecule has 0 aliphatic heterocycles. The van der Waals surface area contributed by atoms with E-state index < -0.39 is 16.1 Å². The van der Waals surface area contributed by atoms with Crippen molar-refractivity contribution < 1.29 is 13.2 Å². The molecule has 2 aliphatic carbocycles. The summed E-state index contributed by atoms with van der Waals surface area (Å²) in [7, 11) is -3.83. The number of aromatic nitrogens is 2. The fourth-order valence-corrected chi connectivity index (χ4v) is 5.17. The average Bonchev–Trinajstić information content (AvgIpc) is 3.32. The van der Waals surface area contributed by atoms with Gasteiger partial charge in [-0.25, -0.2) is 17.9 Å². The molecule has 2 N–H and O–H groups in total. The van der Waals surface area contributed by atoms with Gasteiger partial charge in [0.25, 0.3) is 0 Å². The lowest BCUT2D eigenvalue weighted by atomic mass is 9.99. The van der Waals surface area contributed by atoms with Crippen LogP contribution in [0.25, 0.3) is 0 Å². The molecule has 0 spiro atoms. The molecule has 1 aromatic carbocycles. The summed E-state index contributed by atoms with van der Waals surface area (Å²) in [4.78, 5) is 12.5. The SMILES string of the molecule is CC(C)n1ccc(CS(=O)(=O)NC(=O)Nc2c3c(cc4c2CCC4)CCC3)n1. The molecule has 2 aliphatic rings. The van der Waals surface area contributed by atoms with Gasteiger partial charge in [0.15, 0.2) is 0 Å². The van der Waals surface area contributed by atoms with E-state index in [1.165, 1.54) is 22.3 Å². The Hall–Kier alpha value is -2.35. The largest absolute Gasteiger partial charge is 0.332 e. The summed E-state index contributed by atoms with van der Waals surface area (Å²) >= 11 is 0. The van der Waals surface area contributed by atoms with E-state index in [9.17, 15) is 13.2 Å². The Kier molecular flexibility index (Phi) is 4.91. The third kappa shape index (κ3) is 3.78. The van der Waals surface area contributed by atoms with Crippen molar-refractivity contribution in [1.82, 2.24) is 14.5 Å². The average molecular weight is 403 g/mol. The fourth-order valence-electron chi connectivity index (χ4n) is 4.22. The lowest BCUT2D eigenvalue weighted by molar-refractivity contribution is 0.256. The molecule has 7 nitrogen and oxygen atoms in total. The zero-order valence-electron chi connectivity index (χ0n) is 16.3. The third-order valence-corrected chi connectivity index (χ3v) is 6.66. The maximum absolute atomic E-state index is 12.5. The van der Waals surface area contributed by atoms with E-state index in [4.69, 9.17) is 0 Å². The van der Waals surface area contributed by atoms with Crippen LogP contribution in [0.3, 0.4) is 0 Å². The van der Waals surface area contributed by atoms with Crippen molar-refractivity contribution in [2.45, 2.75) is 64.2 Å². The Bertz CT molecular complexity index is 992. The first kappa shape index (κ1) is 19.0. The topological polar surface area (TPSA) is 93.1 Å². The molecule has 0 radical (unpaired) electrons. The zero-order valence-corrected chi connectivity index (χ0v) is 17.1. The first-order valence-corrected chi connectivity index (χ1v) is 11.5. The zero-order chi connectivity index (χ0) is 19.9. The van der Waals surface area contributed by atoms with Crippen molar-refractivity contribution in [3.63, 3.8) is 0 Å². The van der Waals surface area contributed by atoms with Gasteiger partial charge in [-0.2, -0.15) is 5.10 Å². The van der Waals surface area contributed by atoms with Crippen LogP contribution in [-0.2, 0) is 41.5 Å². The van der Waals surface area contributed by atoms with Crippen LogP contribution in [0.1, 0.15) is 60.7 Å². The highest BCUT2D eigenvalue weighted by molar-refractivity contribution is 7.89. The van der Waals surface area contributed by atoms with Crippen LogP contribution in [0.5, 0.6) is 0 Å². The van der Waals surface area contributed by atoms with Gasteiger partial charge in [0.2, 0.25) is 10.0 Å². The number of sulfonamides is 1. The molecule has 0 bridgehead atoms.